The molecular formula is C15H20N4O2. The first-order chi connectivity index (χ1) is 10.2. The van der Waals surface area contributed by atoms with Gasteiger partial charge in [-0.25, -0.2) is 0 Å². The van der Waals surface area contributed by atoms with Crippen molar-refractivity contribution in [3.63, 3.8) is 0 Å². The van der Waals surface area contributed by atoms with E-state index in [0.29, 0.717) is 23.8 Å². The van der Waals surface area contributed by atoms with Gasteiger partial charge in [0.1, 0.15) is 5.69 Å². The number of likely N-dealkylation sites (N-methyl/N-ethyl adjacent to an activating group) is 1. The van der Waals surface area contributed by atoms with Gasteiger partial charge in [0.15, 0.2) is 0 Å². The van der Waals surface area contributed by atoms with Crippen molar-refractivity contribution in [1.29, 1.82) is 5.26 Å². The van der Waals surface area contributed by atoms with E-state index in [2.05, 4.69) is 5.32 Å². The average Bonchev–Trinajstić information content (AvgIpc) is 2.53. The largest absolute Gasteiger partial charge is 0.365 e. The minimum atomic E-state index is -0.410. The zero-order valence-electron chi connectivity index (χ0n) is 12.2. The summed E-state index contributed by atoms with van der Waals surface area (Å²) >= 11 is 0. The highest BCUT2D eigenvalue weighted by atomic mass is 16.6. The molecule has 0 saturated carbocycles. The Morgan fingerprint density at radius 3 is 2.90 bits per heavy atom. The van der Waals surface area contributed by atoms with Gasteiger partial charge in [-0.05, 0) is 38.4 Å². The van der Waals surface area contributed by atoms with Gasteiger partial charge in [0.05, 0.1) is 16.6 Å². The molecule has 112 valence electrons. The first-order valence-corrected chi connectivity index (χ1v) is 7.32. The summed E-state index contributed by atoms with van der Waals surface area (Å²) < 4.78 is 0. The summed E-state index contributed by atoms with van der Waals surface area (Å²) in [6, 6.07) is 7.00. The molecule has 0 spiro atoms. The number of anilines is 1. The minimum absolute atomic E-state index is 0.00621. The van der Waals surface area contributed by atoms with E-state index in [1.54, 1.807) is 12.1 Å². The summed E-state index contributed by atoms with van der Waals surface area (Å²) in [6.07, 6.45) is 3.49. The van der Waals surface area contributed by atoms with E-state index in [1.165, 1.54) is 18.9 Å². The molecule has 6 nitrogen and oxygen atoms in total. The van der Waals surface area contributed by atoms with Crippen molar-refractivity contribution in [2.45, 2.75) is 32.2 Å². The van der Waals surface area contributed by atoms with Crippen LogP contribution >= 0.6 is 0 Å². The van der Waals surface area contributed by atoms with Gasteiger partial charge in [0.2, 0.25) is 0 Å². The van der Waals surface area contributed by atoms with Gasteiger partial charge in [-0.1, -0.05) is 6.42 Å². The Kier molecular flexibility index (Phi) is 5.12. The molecule has 1 heterocycles. The van der Waals surface area contributed by atoms with Gasteiger partial charge in [-0.3, -0.25) is 10.1 Å². The predicted molar refractivity (Wildman–Crippen MR) is 81.3 cm³/mol. The van der Waals surface area contributed by atoms with Gasteiger partial charge >= 0.3 is 0 Å². The Bertz CT molecular complexity index is 547. The Labute approximate surface area is 124 Å². The molecule has 0 aromatic heterocycles. The third-order valence-corrected chi connectivity index (χ3v) is 3.88. The molecule has 1 atom stereocenters. The van der Waals surface area contributed by atoms with Crippen LogP contribution in [0.5, 0.6) is 0 Å². The zero-order chi connectivity index (χ0) is 15.2. The second-order valence-corrected chi connectivity index (χ2v) is 5.26. The van der Waals surface area contributed by atoms with E-state index in [0.717, 1.165) is 19.5 Å². The van der Waals surface area contributed by atoms with E-state index in [1.807, 2.05) is 17.9 Å². The van der Waals surface area contributed by atoms with Crippen molar-refractivity contribution < 1.29 is 4.92 Å². The number of nitrogens with zero attached hydrogens (tertiary/aromatic N) is 3. The maximum Gasteiger partial charge on any atom is 0.293 e. The van der Waals surface area contributed by atoms with Gasteiger partial charge in [0, 0.05) is 25.2 Å². The van der Waals surface area contributed by atoms with Crippen molar-refractivity contribution >= 4 is 11.4 Å². The fraction of sp³-hybridized carbons (Fsp3) is 0.533. The van der Waals surface area contributed by atoms with E-state index >= 15 is 0 Å². The lowest BCUT2D eigenvalue weighted by Crippen LogP contribution is -2.43. The number of nitrogens with one attached hydrogen (secondary N) is 1. The van der Waals surface area contributed by atoms with Gasteiger partial charge in [0.25, 0.3) is 5.69 Å². The number of piperidine rings is 1. The van der Waals surface area contributed by atoms with Crippen molar-refractivity contribution in [2.75, 3.05) is 24.5 Å². The van der Waals surface area contributed by atoms with Crippen molar-refractivity contribution in [2.24, 2.45) is 0 Å². The maximum atomic E-state index is 11.3. The van der Waals surface area contributed by atoms with Gasteiger partial charge < -0.3 is 10.2 Å². The summed E-state index contributed by atoms with van der Waals surface area (Å²) in [6.45, 7) is 4.45. The van der Waals surface area contributed by atoms with Crippen LogP contribution < -0.4 is 10.2 Å². The molecule has 1 N–H and O–H groups in total. The lowest BCUT2D eigenvalue weighted by Gasteiger charge is -2.31. The quantitative estimate of drug-likeness (QED) is 0.664. The summed E-state index contributed by atoms with van der Waals surface area (Å²) in [7, 11) is 0. The summed E-state index contributed by atoms with van der Waals surface area (Å²) in [5.41, 5.74) is 0.915. The second kappa shape index (κ2) is 7.04. The van der Waals surface area contributed by atoms with Gasteiger partial charge in [-0.2, -0.15) is 5.26 Å². The number of rotatable bonds is 5. The molecule has 1 aromatic carbocycles. The van der Waals surface area contributed by atoms with Crippen LogP contribution in [-0.2, 0) is 0 Å². The molecule has 1 aliphatic rings. The number of hydrogen-bond donors (Lipinski definition) is 1. The predicted octanol–water partition coefficient (Wildman–Crippen LogP) is 2.43. The molecule has 0 radical (unpaired) electrons. The number of nitro benzene ring substituents is 1. The van der Waals surface area contributed by atoms with Crippen LogP contribution in [0.15, 0.2) is 18.2 Å². The highest BCUT2D eigenvalue weighted by molar-refractivity contribution is 5.65. The van der Waals surface area contributed by atoms with Crippen LogP contribution in [0.2, 0.25) is 0 Å². The molecule has 1 saturated heterocycles. The smallest absolute Gasteiger partial charge is 0.293 e. The third-order valence-electron chi connectivity index (χ3n) is 3.88. The highest BCUT2D eigenvalue weighted by Gasteiger charge is 2.22. The van der Waals surface area contributed by atoms with Gasteiger partial charge in [-0.15, -0.1) is 0 Å². The lowest BCUT2D eigenvalue weighted by atomic mass is 10.0. The Morgan fingerprint density at radius 2 is 2.33 bits per heavy atom. The van der Waals surface area contributed by atoms with Crippen LogP contribution in [0.4, 0.5) is 11.4 Å². The molecule has 1 unspecified atom stereocenters. The molecule has 1 fully saturated rings. The molecule has 1 aromatic rings. The Balaban J connectivity index is 2.24. The zero-order valence-corrected chi connectivity index (χ0v) is 12.2. The monoisotopic (exact) mass is 288 g/mol. The summed E-state index contributed by atoms with van der Waals surface area (Å²) in [5.74, 6) is 0. The summed E-state index contributed by atoms with van der Waals surface area (Å²) in [5, 5.41) is 23.6. The van der Waals surface area contributed by atoms with E-state index in [-0.39, 0.29) is 5.69 Å². The first-order valence-electron chi connectivity index (χ1n) is 7.32. The molecule has 1 aliphatic heterocycles. The van der Waals surface area contributed by atoms with Crippen molar-refractivity contribution in [1.82, 2.24) is 5.32 Å². The fourth-order valence-electron chi connectivity index (χ4n) is 2.75. The molecule has 0 aliphatic carbocycles. The van der Waals surface area contributed by atoms with Crippen LogP contribution in [0.1, 0.15) is 31.7 Å². The van der Waals surface area contributed by atoms with Crippen molar-refractivity contribution in [3.05, 3.63) is 33.9 Å². The molecule has 2 rings (SSSR count). The van der Waals surface area contributed by atoms with E-state index < -0.39 is 4.92 Å². The van der Waals surface area contributed by atoms with Crippen LogP contribution in [0.25, 0.3) is 0 Å². The van der Waals surface area contributed by atoms with E-state index in [9.17, 15) is 10.1 Å². The minimum Gasteiger partial charge on any atom is -0.365 e. The first kappa shape index (κ1) is 15.3. The van der Waals surface area contributed by atoms with Crippen LogP contribution in [-0.4, -0.2) is 30.6 Å². The number of hydrogen-bond acceptors (Lipinski definition) is 5. The molecule has 6 heteroatoms. The Morgan fingerprint density at radius 1 is 1.52 bits per heavy atom. The van der Waals surface area contributed by atoms with E-state index in [4.69, 9.17) is 5.26 Å². The highest BCUT2D eigenvalue weighted by Crippen LogP contribution is 2.29. The van der Waals surface area contributed by atoms with Crippen molar-refractivity contribution in [3.8, 4) is 6.07 Å². The Hall–Kier alpha value is -2.13. The second-order valence-electron chi connectivity index (χ2n) is 5.26. The topological polar surface area (TPSA) is 82.2 Å². The molecule has 21 heavy (non-hydrogen) atoms. The number of benzene rings is 1. The molecule has 0 bridgehead atoms. The normalized spacial score (nSPS) is 18.0. The molecular weight excluding hydrogens is 268 g/mol. The van der Waals surface area contributed by atoms with Crippen LogP contribution in [0.3, 0.4) is 0 Å². The third kappa shape index (κ3) is 3.70. The summed E-state index contributed by atoms with van der Waals surface area (Å²) in [4.78, 5) is 12.9. The standard InChI is InChI=1S/C15H20N4O2/c1-2-18(11-13-5-3-4-8-17-13)14-7-6-12(10-16)9-15(14)19(20)21/h6-7,9,13,17H,2-5,8,11H2,1H3. The number of nitriles is 1. The average molecular weight is 288 g/mol. The lowest BCUT2D eigenvalue weighted by molar-refractivity contribution is -0.384. The number of nitro groups is 1. The maximum absolute atomic E-state index is 11.3. The molecule has 0 amide bonds. The fourth-order valence-corrected chi connectivity index (χ4v) is 2.75. The van der Waals surface area contributed by atoms with Crippen LogP contribution in [0, 0.1) is 21.4 Å². The SMILES string of the molecule is CCN(CC1CCCCN1)c1ccc(C#N)cc1[N+](=O)[O-].